The van der Waals surface area contributed by atoms with Gasteiger partial charge in [-0.2, -0.15) is 0 Å². The standard InChI is InChI=1S/C12H23N5O/c1-5-10-15-11(6-12(16-10)17-13)14-9(7-18-4)8(2)3/h6,8-9H,5,7,13H2,1-4H3,(H2,14,15,16,17). The number of hydrogen-bond donors (Lipinski definition) is 3. The Bertz CT molecular complexity index is 347. The molecule has 0 aliphatic heterocycles. The quantitative estimate of drug-likeness (QED) is 0.503. The molecule has 18 heavy (non-hydrogen) atoms. The van der Waals surface area contributed by atoms with Crippen LogP contribution in [-0.4, -0.2) is 29.7 Å². The number of aryl methyl sites for hydroxylation is 1. The molecule has 0 aliphatic rings. The van der Waals surface area contributed by atoms with Gasteiger partial charge in [0.1, 0.15) is 17.5 Å². The molecule has 0 bridgehead atoms. The molecule has 1 rings (SSSR count). The minimum Gasteiger partial charge on any atom is -0.383 e. The highest BCUT2D eigenvalue weighted by Gasteiger charge is 2.14. The van der Waals surface area contributed by atoms with Gasteiger partial charge in [-0.25, -0.2) is 15.8 Å². The van der Waals surface area contributed by atoms with E-state index in [0.29, 0.717) is 18.3 Å². The number of nitrogens with one attached hydrogen (secondary N) is 2. The average molecular weight is 253 g/mol. The monoisotopic (exact) mass is 253 g/mol. The van der Waals surface area contributed by atoms with Crippen molar-refractivity contribution in [2.24, 2.45) is 11.8 Å². The summed E-state index contributed by atoms with van der Waals surface area (Å²) >= 11 is 0. The number of ether oxygens (including phenoxy) is 1. The Labute approximate surface area is 108 Å². The number of nitrogens with two attached hydrogens (primary N) is 1. The third kappa shape index (κ3) is 4.12. The van der Waals surface area contributed by atoms with E-state index in [0.717, 1.165) is 18.1 Å². The zero-order chi connectivity index (χ0) is 13.5. The summed E-state index contributed by atoms with van der Waals surface area (Å²) in [6.45, 7) is 6.92. The first kappa shape index (κ1) is 14.7. The maximum absolute atomic E-state index is 5.40. The number of nitrogens with zero attached hydrogens (tertiary/aromatic N) is 2. The van der Waals surface area contributed by atoms with Crippen LogP contribution in [0.5, 0.6) is 0 Å². The number of aromatic nitrogens is 2. The van der Waals surface area contributed by atoms with Gasteiger partial charge in [0.15, 0.2) is 0 Å². The molecule has 6 heteroatoms. The van der Waals surface area contributed by atoms with Crippen molar-refractivity contribution in [1.29, 1.82) is 0 Å². The van der Waals surface area contributed by atoms with E-state index in [9.17, 15) is 0 Å². The Morgan fingerprint density at radius 1 is 1.33 bits per heavy atom. The lowest BCUT2D eigenvalue weighted by Crippen LogP contribution is -2.31. The number of rotatable bonds is 7. The van der Waals surface area contributed by atoms with Crippen LogP contribution in [-0.2, 0) is 11.2 Å². The molecule has 6 nitrogen and oxygen atoms in total. The van der Waals surface area contributed by atoms with Crippen molar-refractivity contribution in [2.45, 2.75) is 33.2 Å². The van der Waals surface area contributed by atoms with Crippen LogP contribution in [0.1, 0.15) is 26.6 Å². The van der Waals surface area contributed by atoms with Crippen LogP contribution in [0, 0.1) is 5.92 Å². The highest BCUT2D eigenvalue weighted by Crippen LogP contribution is 2.15. The van der Waals surface area contributed by atoms with Crippen molar-refractivity contribution in [3.63, 3.8) is 0 Å². The van der Waals surface area contributed by atoms with Crippen molar-refractivity contribution < 1.29 is 4.74 Å². The summed E-state index contributed by atoms with van der Waals surface area (Å²) in [5, 5.41) is 3.36. The fourth-order valence-electron chi connectivity index (χ4n) is 1.57. The lowest BCUT2D eigenvalue weighted by atomic mass is 10.1. The first-order valence-electron chi connectivity index (χ1n) is 6.20. The Hall–Kier alpha value is -1.40. The van der Waals surface area contributed by atoms with E-state index in [1.54, 1.807) is 13.2 Å². The van der Waals surface area contributed by atoms with E-state index in [4.69, 9.17) is 10.6 Å². The summed E-state index contributed by atoms with van der Waals surface area (Å²) in [6, 6.07) is 2.00. The van der Waals surface area contributed by atoms with Crippen molar-refractivity contribution in [1.82, 2.24) is 9.97 Å². The second kappa shape index (κ2) is 7.13. The lowest BCUT2D eigenvalue weighted by molar-refractivity contribution is 0.171. The van der Waals surface area contributed by atoms with E-state index >= 15 is 0 Å². The normalized spacial score (nSPS) is 12.6. The van der Waals surface area contributed by atoms with Crippen LogP contribution >= 0.6 is 0 Å². The summed E-state index contributed by atoms with van der Waals surface area (Å²) in [6.07, 6.45) is 0.765. The number of anilines is 2. The molecular formula is C12H23N5O. The maximum atomic E-state index is 5.40. The second-order valence-electron chi connectivity index (χ2n) is 4.50. The third-order valence-corrected chi connectivity index (χ3v) is 2.72. The van der Waals surface area contributed by atoms with Gasteiger partial charge in [-0.3, -0.25) is 0 Å². The lowest BCUT2D eigenvalue weighted by Gasteiger charge is -2.22. The van der Waals surface area contributed by atoms with Gasteiger partial charge in [-0.05, 0) is 5.92 Å². The predicted molar refractivity (Wildman–Crippen MR) is 73.3 cm³/mol. The van der Waals surface area contributed by atoms with Gasteiger partial charge in [-0.1, -0.05) is 20.8 Å². The Morgan fingerprint density at radius 2 is 2.00 bits per heavy atom. The minimum absolute atomic E-state index is 0.209. The summed E-state index contributed by atoms with van der Waals surface area (Å²) in [5.74, 6) is 7.98. The maximum Gasteiger partial charge on any atom is 0.145 e. The molecule has 0 aliphatic carbocycles. The molecule has 0 saturated carbocycles. The van der Waals surface area contributed by atoms with Crippen molar-refractivity contribution in [2.75, 3.05) is 24.5 Å². The first-order valence-corrected chi connectivity index (χ1v) is 6.20. The second-order valence-corrected chi connectivity index (χ2v) is 4.50. The van der Waals surface area contributed by atoms with Crippen molar-refractivity contribution in [3.8, 4) is 0 Å². The Balaban J connectivity index is 2.87. The largest absolute Gasteiger partial charge is 0.383 e. The van der Waals surface area contributed by atoms with Gasteiger partial charge < -0.3 is 15.5 Å². The zero-order valence-electron chi connectivity index (χ0n) is 11.5. The summed E-state index contributed by atoms with van der Waals surface area (Å²) in [4.78, 5) is 8.68. The molecule has 0 radical (unpaired) electrons. The Kier molecular flexibility index (Phi) is 5.80. The molecule has 102 valence electrons. The van der Waals surface area contributed by atoms with Gasteiger partial charge in [0, 0.05) is 19.6 Å². The van der Waals surface area contributed by atoms with Gasteiger partial charge in [0.2, 0.25) is 0 Å². The van der Waals surface area contributed by atoms with E-state index in [2.05, 4.69) is 34.6 Å². The van der Waals surface area contributed by atoms with Crippen LogP contribution in [0.15, 0.2) is 6.07 Å². The van der Waals surface area contributed by atoms with Crippen LogP contribution in [0.25, 0.3) is 0 Å². The third-order valence-electron chi connectivity index (χ3n) is 2.72. The fourth-order valence-corrected chi connectivity index (χ4v) is 1.57. The van der Waals surface area contributed by atoms with Gasteiger partial charge in [0.25, 0.3) is 0 Å². The fraction of sp³-hybridized carbons (Fsp3) is 0.667. The van der Waals surface area contributed by atoms with Gasteiger partial charge >= 0.3 is 0 Å². The van der Waals surface area contributed by atoms with E-state index in [1.807, 2.05) is 6.92 Å². The number of methoxy groups -OCH3 is 1. The molecule has 0 aromatic carbocycles. The molecule has 0 amide bonds. The number of nitrogen functional groups attached to an aromatic ring is 1. The summed E-state index contributed by atoms with van der Waals surface area (Å²) in [5.41, 5.74) is 2.55. The Morgan fingerprint density at radius 3 is 2.50 bits per heavy atom. The van der Waals surface area contributed by atoms with Crippen LogP contribution < -0.4 is 16.6 Å². The smallest absolute Gasteiger partial charge is 0.145 e. The van der Waals surface area contributed by atoms with E-state index < -0.39 is 0 Å². The number of hydrogen-bond acceptors (Lipinski definition) is 6. The molecule has 0 spiro atoms. The molecule has 1 unspecified atom stereocenters. The van der Waals surface area contributed by atoms with E-state index in [-0.39, 0.29) is 6.04 Å². The van der Waals surface area contributed by atoms with Crippen LogP contribution in [0.4, 0.5) is 11.6 Å². The van der Waals surface area contributed by atoms with Crippen molar-refractivity contribution >= 4 is 11.6 Å². The van der Waals surface area contributed by atoms with E-state index in [1.165, 1.54) is 0 Å². The molecule has 0 saturated heterocycles. The van der Waals surface area contributed by atoms with Gasteiger partial charge in [-0.15, -0.1) is 0 Å². The average Bonchev–Trinajstić information content (AvgIpc) is 2.37. The highest BCUT2D eigenvalue weighted by molar-refractivity contribution is 5.47. The molecular weight excluding hydrogens is 230 g/mol. The van der Waals surface area contributed by atoms with Crippen LogP contribution in [0.2, 0.25) is 0 Å². The molecule has 1 aromatic rings. The first-order chi connectivity index (χ1) is 8.60. The summed E-state index contributed by atoms with van der Waals surface area (Å²) < 4.78 is 5.20. The molecule has 0 fully saturated rings. The molecule has 1 heterocycles. The minimum atomic E-state index is 0.209. The van der Waals surface area contributed by atoms with Crippen LogP contribution in [0.3, 0.4) is 0 Å². The SMILES string of the molecule is CCc1nc(NN)cc(NC(COC)C(C)C)n1. The molecule has 1 atom stereocenters. The topological polar surface area (TPSA) is 85.1 Å². The van der Waals surface area contributed by atoms with Gasteiger partial charge in [0.05, 0.1) is 12.6 Å². The number of hydrazine groups is 1. The zero-order valence-corrected chi connectivity index (χ0v) is 11.5. The molecule has 1 aromatic heterocycles. The van der Waals surface area contributed by atoms with Crippen molar-refractivity contribution in [3.05, 3.63) is 11.9 Å². The predicted octanol–water partition coefficient (Wildman–Crippen LogP) is 1.41. The molecule has 4 N–H and O–H groups in total. The highest BCUT2D eigenvalue weighted by atomic mass is 16.5. The summed E-state index contributed by atoms with van der Waals surface area (Å²) in [7, 11) is 1.70.